The van der Waals surface area contributed by atoms with Gasteiger partial charge in [-0.15, -0.1) is 0 Å². The van der Waals surface area contributed by atoms with E-state index in [1.54, 1.807) is 81.4 Å². The van der Waals surface area contributed by atoms with Crippen molar-refractivity contribution in [3.05, 3.63) is 132 Å². The van der Waals surface area contributed by atoms with Gasteiger partial charge in [0.05, 0.1) is 50.5 Å². The van der Waals surface area contributed by atoms with Crippen molar-refractivity contribution in [1.29, 1.82) is 0 Å². The van der Waals surface area contributed by atoms with Crippen molar-refractivity contribution in [2.24, 2.45) is 0 Å². The van der Waals surface area contributed by atoms with Gasteiger partial charge in [0, 0.05) is 35.7 Å². The largest absolute Gasteiger partial charge is 0.444 e. The van der Waals surface area contributed by atoms with Crippen LogP contribution in [0.3, 0.4) is 0 Å². The number of hydrogen-bond acceptors (Lipinski definition) is 10. The van der Waals surface area contributed by atoms with E-state index in [2.05, 4.69) is 25.8 Å². The number of ether oxygens (including phenoxy) is 2. The fourth-order valence-corrected chi connectivity index (χ4v) is 6.77. The summed E-state index contributed by atoms with van der Waals surface area (Å²) in [5.74, 6) is -3.25. The molecule has 64 heavy (non-hydrogen) atoms. The third kappa shape index (κ3) is 10.1. The Bertz CT molecular complexity index is 3120. The van der Waals surface area contributed by atoms with Gasteiger partial charge in [0.25, 0.3) is 0 Å². The average Bonchev–Trinajstić information content (AvgIpc) is 3.50. The molecular formula is C45H42ClF4N7O7. The van der Waals surface area contributed by atoms with Crippen LogP contribution in [0.5, 0.6) is 0 Å². The molecule has 0 aliphatic rings. The third-order valence-electron chi connectivity index (χ3n) is 9.17. The number of amides is 2. The lowest BCUT2D eigenvalue weighted by Gasteiger charge is -2.20. The number of fused-ring (bicyclic) bond motifs is 2. The fraction of sp³-hybridized carbons (Fsp3) is 0.267. The monoisotopic (exact) mass is 903 g/mol. The van der Waals surface area contributed by atoms with Crippen LogP contribution in [0.25, 0.3) is 44.7 Å². The van der Waals surface area contributed by atoms with Gasteiger partial charge < -0.3 is 14.0 Å². The first-order valence-corrected chi connectivity index (χ1v) is 19.8. The number of carbonyl (C=O) groups excluding carboxylic acids is 2. The summed E-state index contributed by atoms with van der Waals surface area (Å²) in [4.78, 5) is 57.9. The van der Waals surface area contributed by atoms with Crippen molar-refractivity contribution in [2.45, 2.75) is 80.4 Å². The van der Waals surface area contributed by atoms with Gasteiger partial charge in [0.2, 0.25) is 0 Å². The SMILES string of the molecule is Cc1cc(=O)c2ccc(Cl)nc2n1-c1cc(NC(=O)OC(C)(C)C)c(F)cc1F.Cc1noc(C)c1-c1ccc2c(=O)cc(C)n(-c3cc(NC(=O)OC(C)(C)C)c(F)cc3F)c2n1. The summed E-state index contributed by atoms with van der Waals surface area (Å²) in [6.45, 7) is 16.6. The zero-order valence-electron chi connectivity index (χ0n) is 36.3. The predicted octanol–water partition coefficient (Wildman–Crippen LogP) is 10.6. The fourth-order valence-electron chi connectivity index (χ4n) is 6.63. The van der Waals surface area contributed by atoms with Crippen LogP contribution in [0, 0.1) is 51.0 Å². The Morgan fingerprint density at radius 1 is 0.641 bits per heavy atom. The molecule has 0 aliphatic carbocycles. The Kier molecular flexibility index (Phi) is 12.8. The highest BCUT2D eigenvalue weighted by molar-refractivity contribution is 6.29. The Morgan fingerprint density at radius 2 is 1.08 bits per heavy atom. The number of aryl methyl sites for hydroxylation is 4. The highest BCUT2D eigenvalue weighted by Gasteiger charge is 2.24. The lowest BCUT2D eigenvalue weighted by atomic mass is 10.1. The first-order chi connectivity index (χ1) is 29.8. The van der Waals surface area contributed by atoms with E-state index >= 15 is 4.39 Å². The number of aromatic nitrogens is 5. The molecule has 19 heteroatoms. The molecule has 334 valence electrons. The van der Waals surface area contributed by atoms with Gasteiger partial charge in [-0.3, -0.25) is 29.4 Å². The number of hydrogen-bond donors (Lipinski definition) is 2. The second kappa shape index (κ2) is 17.6. The number of carbonyl (C=O) groups is 2. The van der Waals surface area contributed by atoms with Gasteiger partial charge in [-0.25, -0.2) is 37.1 Å². The molecule has 5 heterocycles. The van der Waals surface area contributed by atoms with E-state index in [9.17, 15) is 32.3 Å². The van der Waals surface area contributed by atoms with Crippen LogP contribution in [-0.4, -0.2) is 47.6 Å². The second-order valence-corrected chi connectivity index (χ2v) is 17.0. The normalized spacial score (nSPS) is 11.6. The molecule has 7 aromatic rings. The minimum Gasteiger partial charge on any atom is -0.444 e. The summed E-state index contributed by atoms with van der Waals surface area (Å²) in [7, 11) is 0. The standard InChI is InChI=1S/C25H24F2N4O4.C20H18ClF2N3O3/c1-12-9-21(32)15-7-8-18(22-13(2)30-35-14(22)3)28-23(15)31(12)20-11-19(16(26)10-17(20)27)29-24(33)34-25(4,5)6;1-10-7-16(27)11-5-6-17(21)25-18(11)26(10)15-9-14(12(22)8-13(15)23)24-19(28)29-20(2,3)4/h7-11H,1-6H3,(H,29,33);5-9H,1-4H3,(H,24,28). The molecule has 0 saturated heterocycles. The maximum atomic E-state index is 15.1. The number of nitrogens with zero attached hydrogens (tertiary/aromatic N) is 5. The molecule has 0 spiro atoms. The van der Waals surface area contributed by atoms with Crippen molar-refractivity contribution < 1.29 is 41.1 Å². The van der Waals surface area contributed by atoms with Crippen LogP contribution in [0.1, 0.15) is 64.4 Å². The Hall–Kier alpha value is -7.08. The van der Waals surface area contributed by atoms with Crippen LogP contribution in [0.2, 0.25) is 5.15 Å². The van der Waals surface area contributed by atoms with Crippen LogP contribution >= 0.6 is 11.6 Å². The summed E-state index contributed by atoms with van der Waals surface area (Å²) in [5.41, 5.74) is -0.319. The number of benzene rings is 2. The molecule has 5 aromatic heterocycles. The number of halogens is 5. The summed E-state index contributed by atoms with van der Waals surface area (Å²) < 4.78 is 76.9. The van der Waals surface area contributed by atoms with Crippen LogP contribution < -0.4 is 21.5 Å². The first-order valence-electron chi connectivity index (χ1n) is 19.5. The van der Waals surface area contributed by atoms with E-state index < -0.39 is 46.7 Å². The smallest absolute Gasteiger partial charge is 0.412 e. The van der Waals surface area contributed by atoms with Crippen LogP contribution in [0.15, 0.2) is 74.8 Å². The van der Waals surface area contributed by atoms with Crippen molar-refractivity contribution in [2.75, 3.05) is 10.6 Å². The van der Waals surface area contributed by atoms with Crippen molar-refractivity contribution in [1.82, 2.24) is 24.3 Å². The highest BCUT2D eigenvalue weighted by Crippen LogP contribution is 2.31. The third-order valence-corrected chi connectivity index (χ3v) is 9.38. The summed E-state index contributed by atoms with van der Waals surface area (Å²) in [6.07, 6.45) is -1.79. The van der Waals surface area contributed by atoms with E-state index in [4.69, 9.17) is 25.6 Å². The zero-order valence-corrected chi connectivity index (χ0v) is 37.0. The van der Waals surface area contributed by atoms with E-state index in [0.29, 0.717) is 46.2 Å². The maximum Gasteiger partial charge on any atom is 0.412 e. The minimum atomic E-state index is -0.982. The predicted molar refractivity (Wildman–Crippen MR) is 234 cm³/mol. The molecule has 0 atom stereocenters. The molecule has 0 unspecified atom stereocenters. The molecule has 0 saturated carbocycles. The van der Waals surface area contributed by atoms with Gasteiger partial charge in [0.1, 0.15) is 56.7 Å². The van der Waals surface area contributed by atoms with Crippen LogP contribution in [-0.2, 0) is 9.47 Å². The number of nitrogens with one attached hydrogen (secondary N) is 2. The highest BCUT2D eigenvalue weighted by atomic mass is 35.5. The molecule has 0 bridgehead atoms. The molecule has 0 aliphatic heterocycles. The lowest BCUT2D eigenvalue weighted by Crippen LogP contribution is -2.27. The van der Waals surface area contributed by atoms with Crippen molar-refractivity contribution in [3.8, 4) is 22.6 Å². The van der Waals surface area contributed by atoms with Gasteiger partial charge in [0.15, 0.2) is 10.9 Å². The quantitative estimate of drug-likeness (QED) is 0.125. The second-order valence-electron chi connectivity index (χ2n) is 16.6. The molecule has 0 fully saturated rings. The lowest BCUT2D eigenvalue weighted by molar-refractivity contribution is 0.0624. The first kappa shape index (κ1) is 46.4. The molecular weight excluding hydrogens is 862 g/mol. The number of rotatable bonds is 5. The number of pyridine rings is 4. The van der Waals surface area contributed by atoms with Gasteiger partial charge >= 0.3 is 12.2 Å². The molecule has 7 rings (SSSR count). The zero-order chi connectivity index (χ0) is 47.2. The van der Waals surface area contributed by atoms with Gasteiger partial charge in [-0.05, 0) is 106 Å². The van der Waals surface area contributed by atoms with E-state index in [1.807, 2.05) is 0 Å². The topological polar surface area (TPSA) is 172 Å². The average molecular weight is 904 g/mol. The maximum absolute atomic E-state index is 15.1. The van der Waals surface area contributed by atoms with E-state index in [-0.39, 0.29) is 60.8 Å². The molecule has 2 N–H and O–H groups in total. The minimum absolute atomic E-state index is 0.103. The van der Waals surface area contributed by atoms with Gasteiger partial charge in [-0.2, -0.15) is 0 Å². The molecule has 2 amide bonds. The summed E-state index contributed by atoms with van der Waals surface area (Å²) in [6, 6.07) is 12.3. The van der Waals surface area contributed by atoms with E-state index in [0.717, 1.165) is 12.1 Å². The molecule has 0 radical (unpaired) electrons. The Morgan fingerprint density at radius 3 is 1.50 bits per heavy atom. The summed E-state index contributed by atoms with van der Waals surface area (Å²) in [5, 5.41) is 9.07. The summed E-state index contributed by atoms with van der Waals surface area (Å²) >= 11 is 5.96. The van der Waals surface area contributed by atoms with E-state index in [1.165, 1.54) is 33.4 Å². The van der Waals surface area contributed by atoms with Gasteiger partial charge in [-0.1, -0.05) is 16.8 Å². The molecule has 2 aromatic carbocycles. The Balaban J connectivity index is 0.000000216. The van der Waals surface area contributed by atoms with Crippen LogP contribution in [0.4, 0.5) is 38.5 Å². The Labute approximate surface area is 367 Å². The number of anilines is 2. The van der Waals surface area contributed by atoms with Crippen molar-refractivity contribution >= 4 is 57.2 Å². The van der Waals surface area contributed by atoms with Crippen molar-refractivity contribution in [3.63, 3.8) is 0 Å². The molecule has 14 nitrogen and oxygen atoms in total.